The predicted octanol–water partition coefficient (Wildman–Crippen LogP) is 1.12. The van der Waals surface area contributed by atoms with Crippen LogP contribution in [0.15, 0.2) is 18.3 Å². The maximum absolute atomic E-state index is 12.3. The summed E-state index contributed by atoms with van der Waals surface area (Å²) in [6.45, 7) is 2.37. The zero-order chi connectivity index (χ0) is 15.4. The Labute approximate surface area is 122 Å². The molecule has 0 aromatic carbocycles. The molecule has 2 amide bonds. The summed E-state index contributed by atoms with van der Waals surface area (Å²) in [6.07, 6.45) is 3.07. The number of carbonyl (C=O) groups is 3. The molecule has 0 aliphatic carbocycles. The average Bonchev–Trinajstić information content (AvgIpc) is 2.86. The number of hydrogen-bond donors (Lipinski definition) is 2. The number of pyridine rings is 1. The highest BCUT2D eigenvalue weighted by molar-refractivity contribution is 6.02. The topological polar surface area (TPSA) is 99.6 Å². The third-order valence-electron chi connectivity index (χ3n) is 3.46. The predicted molar refractivity (Wildman–Crippen MR) is 74.9 cm³/mol. The molecule has 1 aromatic rings. The van der Waals surface area contributed by atoms with Gasteiger partial charge in [0.25, 0.3) is 0 Å². The Morgan fingerprint density at radius 1 is 1.52 bits per heavy atom. The quantitative estimate of drug-likeness (QED) is 0.846. The minimum atomic E-state index is -1.16. The van der Waals surface area contributed by atoms with Gasteiger partial charge >= 0.3 is 5.97 Å². The van der Waals surface area contributed by atoms with Crippen molar-refractivity contribution >= 4 is 23.6 Å². The van der Waals surface area contributed by atoms with Gasteiger partial charge in [-0.3, -0.25) is 9.59 Å². The lowest BCUT2D eigenvalue weighted by Gasteiger charge is -2.25. The van der Waals surface area contributed by atoms with Crippen LogP contribution in [-0.4, -0.2) is 45.4 Å². The summed E-state index contributed by atoms with van der Waals surface area (Å²) in [5.41, 5.74) is -0.0755. The van der Waals surface area contributed by atoms with E-state index < -0.39 is 17.9 Å². The van der Waals surface area contributed by atoms with Gasteiger partial charge in [0.1, 0.15) is 17.4 Å². The van der Waals surface area contributed by atoms with Crippen molar-refractivity contribution in [3.05, 3.63) is 23.9 Å². The van der Waals surface area contributed by atoms with Crippen molar-refractivity contribution in [3.63, 3.8) is 0 Å². The molecule has 0 spiro atoms. The number of likely N-dealkylation sites (tertiary alicyclic amines) is 1. The van der Waals surface area contributed by atoms with Gasteiger partial charge in [-0.25, -0.2) is 9.78 Å². The van der Waals surface area contributed by atoms with Crippen molar-refractivity contribution in [2.75, 3.05) is 11.9 Å². The van der Waals surface area contributed by atoms with E-state index in [1.807, 2.05) is 6.92 Å². The summed E-state index contributed by atoms with van der Waals surface area (Å²) in [7, 11) is 0. The van der Waals surface area contributed by atoms with E-state index in [2.05, 4.69) is 10.3 Å². The number of nitrogens with zero attached hydrogens (tertiary/aromatic N) is 2. The van der Waals surface area contributed by atoms with Crippen LogP contribution in [0.25, 0.3) is 0 Å². The molecule has 1 aromatic heterocycles. The molecular weight excluding hydrogens is 274 g/mol. The molecule has 1 aliphatic rings. The highest BCUT2D eigenvalue weighted by Gasteiger charge is 2.32. The van der Waals surface area contributed by atoms with Crippen molar-refractivity contribution in [2.45, 2.75) is 32.2 Å². The fourth-order valence-electron chi connectivity index (χ4n) is 2.42. The lowest BCUT2D eigenvalue weighted by Crippen LogP contribution is -2.44. The first-order valence-corrected chi connectivity index (χ1v) is 6.83. The van der Waals surface area contributed by atoms with E-state index in [-0.39, 0.29) is 17.3 Å². The van der Waals surface area contributed by atoms with Crippen molar-refractivity contribution in [2.24, 2.45) is 0 Å². The number of carboxylic acid groups (broad SMARTS) is 1. The summed E-state index contributed by atoms with van der Waals surface area (Å²) >= 11 is 0. The van der Waals surface area contributed by atoms with Gasteiger partial charge in [0.05, 0.1) is 0 Å². The fraction of sp³-hybridized carbons (Fsp3) is 0.429. The first-order chi connectivity index (χ1) is 10.0. The van der Waals surface area contributed by atoms with Crippen molar-refractivity contribution in [1.82, 2.24) is 9.88 Å². The van der Waals surface area contributed by atoms with Crippen LogP contribution >= 0.6 is 0 Å². The first kappa shape index (κ1) is 15.0. The summed E-state index contributed by atoms with van der Waals surface area (Å²) in [4.78, 5) is 40.6. The third-order valence-corrected chi connectivity index (χ3v) is 3.46. The number of amides is 2. The van der Waals surface area contributed by atoms with E-state index in [1.54, 1.807) is 4.90 Å². The SMILES string of the molecule is CCC(C(=O)Nc1ncccc1C(=O)O)N1CCCC1=O. The molecule has 1 fully saturated rings. The summed E-state index contributed by atoms with van der Waals surface area (Å²) in [5.74, 6) is -1.62. The van der Waals surface area contributed by atoms with E-state index in [0.29, 0.717) is 19.4 Å². The van der Waals surface area contributed by atoms with Gasteiger partial charge in [0.15, 0.2) is 0 Å². The number of carbonyl (C=O) groups excluding carboxylic acids is 2. The molecule has 7 heteroatoms. The summed E-state index contributed by atoms with van der Waals surface area (Å²) < 4.78 is 0. The Kier molecular flexibility index (Phi) is 4.52. The molecule has 2 N–H and O–H groups in total. The Morgan fingerprint density at radius 2 is 2.29 bits per heavy atom. The van der Waals surface area contributed by atoms with Crippen molar-refractivity contribution < 1.29 is 19.5 Å². The highest BCUT2D eigenvalue weighted by atomic mass is 16.4. The molecular formula is C14H17N3O4. The van der Waals surface area contributed by atoms with Crippen LogP contribution < -0.4 is 5.32 Å². The van der Waals surface area contributed by atoms with E-state index >= 15 is 0 Å². The second-order valence-corrected chi connectivity index (χ2v) is 4.81. The number of nitrogens with one attached hydrogen (secondary N) is 1. The summed E-state index contributed by atoms with van der Waals surface area (Å²) in [5, 5.41) is 11.6. The Hall–Kier alpha value is -2.44. The zero-order valence-electron chi connectivity index (χ0n) is 11.7. The smallest absolute Gasteiger partial charge is 0.339 e. The fourth-order valence-corrected chi connectivity index (χ4v) is 2.42. The van der Waals surface area contributed by atoms with Gasteiger partial charge in [-0.1, -0.05) is 6.92 Å². The number of aromatic carboxylic acids is 1. The van der Waals surface area contributed by atoms with Crippen molar-refractivity contribution in [3.8, 4) is 0 Å². The van der Waals surface area contributed by atoms with Crippen LogP contribution in [0.4, 0.5) is 5.82 Å². The molecule has 1 unspecified atom stereocenters. The lowest BCUT2D eigenvalue weighted by atomic mass is 10.1. The van der Waals surface area contributed by atoms with E-state index in [1.165, 1.54) is 18.3 Å². The standard InChI is InChI=1S/C14H17N3O4/c1-2-10(17-8-4-6-11(17)18)13(19)16-12-9(14(20)21)5-3-7-15-12/h3,5,7,10H,2,4,6,8H2,1H3,(H,20,21)(H,15,16,19). The number of anilines is 1. The minimum Gasteiger partial charge on any atom is -0.478 e. The van der Waals surface area contributed by atoms with Crippen LogP contribution in [0, 0.1) is 0 Å². The van der Waals surface area contributed by atoms with Crippen LogP contribution in [-0.2, 0) is 9.59 Å². The maximum atomic E-state index is 12.3. The lowest BCUT2D eigenvalue weighted by molar-refractivity contribution is -0.135. The molecule has 0 radical (unpaired) electrons. The second kappa shape index (κ2) is 6.34. The number of carboxylic acids is 1. The molecule has 21 heavy (non-hydrogen) atoms. The molecule has 1 atom stereocenters. The Balaban J connectivity index is 2.16. The minimum absolute atomic E-state index is 0.0000888. The largest absolute Gasteiger partial charge is 0.478 e. The monoisotopic (exact) mass is 291 g/mol. The van der Waals surface area contributed by atoms with Gasteiger partial charge in [0, 0.05) is 19.2 Å². The van der Waals surface area contributed by atoms with E-state index in [4.69, 9.17) is 5.11 Å². The number of rotatable bonds is 5. The zero-order valence-corrected chi connectivity index (χ0v) is 11.7. The van der Waals surface area contributed by atoms with Gasteiger partial charge in [-0.05, 0) is 25.0 Å². The molecule has 0 bridgehead atoms. The average molecular weight is 291 g/mol. The maximum Gasteiger partial charge on any atom is 0.339 e. The molecule has 2 rings (SSSR count). The van der Waals surface area contributed by atoms with E-state index in [9.17, 15) is 14.4 Å². The highest BCUT2D eigenvalue weighted by Crippen LogP contribution is 2.18. The normalized spacial score (nSPS) is 15.9. The molecule has 7 nitrogen and oxygen atoms in total. The number of aromatic nitrogens is 1. The van der Waals surface area contributed by atoms with E-state index in [0.717, 1.165) is 6.42 Å². The number of hydrogen-bond acceptors (Lipinski definition) is 4. The Morgan fingerprint density at radius 3 is 2.86 bits per heavy atom. The van der Waals surface area contributed by atoms with Crippen LogP contribution in [0.3, 0.4) is 0 Å². The van der Waals surface area contributed by atoms with Crippen molar-refractivity contribution in [1.29, 1.82) is 0 Å². The van der Waals surface area contributed by atoms with Crippen LogP contribution in [0.1, 0.15) is 36.5 Å². The second-order valence-electron chi connectivity index (χ2n) is 4.81. The van der Waals surface area contributed by atoms with Gasteiger partial charge < -0.3 is 15.3 Å². The molecule has 2 heterocycles. The molecule has 1 aliphatic heterocycles. The van der Waals surface area contributed by atoms with Gasteiger partial charge in [0.2, 0.25) is 11.8 Å². The first-order valence-electron chi connectivity index (χ1n) is 6.83. The van der Waals surface area contributed by atoms with Crippen LogP contribution in [0.2, 0.25) is 0 Å². The molecule has 112 valence electrons. The molecule has 1 saturated heterocycles. The van der Waals surface area contributed by atoms with Crippen LogP contribution in [0.5, 0.6) is 0 Å². The summed E-state index contributed by atoms with van der Waals surface area (Å²) in [6, 6.07) is 2.26. The molecule has 0 saturated carbocycles. The third kappa shape index (κ3) is 3.18. The van der Waals surface area contributed by atoms with Gasteiger partial charge in [-0.15, -0.1) is 0 Å². The Bertz CT molecular complexity index is 573. The van der Waals surface area contributed by atoms with Gasteiger partial charge in [-0.2, -0.15) is 0 Å².